The molecule has 0 spiro atoms. The van der Waals surface area contributed by atoms with Gasteiger partial charge in [0, 0.05) is 43.1 Å². The van der Waals surface area contributed by atoms with Crippen LogP contribution in [0.4, 0.5) is 10.5 Å². The number of hydrogen-bond donors (Lipinski definition) is 2. The van der Waals surface area contributed by atoms with Gasteiger partial charge in [-0.2, -0.15) is 5.10 Å². The highest BCUT2D eigenvalue weighted by Crippen LogP contribution is 2.16. The van der Waals surface area contributed by atoms with E-state index in [2.05, 4.69) is 15.5 Å². The molecule has 1 aliphatic heterocycles. The van der Waals surface area contributed by atoms with Crippen molar-refractivity contribution in [3.05, 3.63) is 47.2 Å². The summed E-state index contributed by atoms with van der Waals surface area (Å²) in [5.74, 6) is -0.0930. The number of H-pyrrole nitrogens is 1. The van der Waals surface area contributed by atoms with Crippen molar-refractivity contribution >= 4 is 29.2 Å². The maximum Gasteiger partial charge on any atom is 0.321 e. The smallest absolute Gasteiger partial charge is 0.321 e. The second-order valence-electron chi connectivity index (χ2n) is 5.54. The lowest BCUT2D eigenvalue weighted by Crippen LogP contribution is -2.39. The quantitative estimate of drug-likeness (QED) is 0.875. The van der Waals surface area contributed by atoms with Crippen molar-refractivity contribution in [3.8, 4) is 0 Å². The zero-order valence-corrected chi connectivity index (χ0v) is 13.8. The minimum Gasteiger partial charge on any atom is -0.335 e. The summed E-state index contributed by atoms with van der Waals surface area (Å²) in [5.41, 5.74) is 1.12. The highest BCUT2D eigenvalue weighted by molar-refractivity contribution is 6.30. The number of carbonyl (C=O) groups excluding carboxylic acids is 2. The van der Waals surface area contributed by atoms with E-state index in [9.17, 15) is 9.59 Å². The Kier molecular flexibility index (Phi) is 5.00. The van der Waals surface area contributed by atoms with Crippen LogP contribution in [-0.2, 0) is 0 Å². The van der Waals surface area contributed by atoms with E-state index in [4.69, 9.17) is 11.6 Å². The largest absolute Gasteiger partial charge is 0.335 e. The number of rotatable bonds is 2. The number of benzene rings is 1. The zero-order chi connectivity index (χ0) is 16.9. The molecule has 1 saturated heterocycles. The van der Waals surface area contributed by atoms with Crippen LogP contribution in [0.5, 0.6) is 0 Å². The molecule has 0 unspecified atom stereocenters. The topological polar surface area (TPSA) is 81.3 Å². The predicted octanol–water partition coefficient (Wildman–Crippen LogP) is 2.44. The van der Waals surface area contributed by atoms with Crippen LogP contribution in [0.25, 0.3) is 0 Å². The SMILES string of the molecule is O=C(Nc1cccc(Cl)c1)N1CCCN(C(=O)c2ccn[nH]2)CC1. The molecular formula is C16H18ClN5O2. The van der Waals surface area contributed by atoms with Crippen LogP contribution in [0.15, 0.2) is 36.5 Å². The molecule has 0 bridgehead atoms. The highest BCUT2D eigenvalue weighted by atomic mass is 35.5. The van der Waals surface area contributed by atoms with E-state index in [0.29, 0.717) is 42.6 Å². The fraction of sp³-hybridized carbons (Fsp3) is 0.312. The molecule has 8 heteroatoms. The van der Waals surface area contributed by atoms with E-state index in [1.165, 1.54) is 0 Å². The molecule has 1 aromatic heterocycles. The van der Waals surface area contributed by atoms with E-state index in [1.807, 2.05) is 0 Å². The molecule has 2 aromatic rings. The molecule has 24 heavy (non-hydrogen) atoms. The number of aromatic nitrogens is 2. The number of aromatic amines is 1. The third-order valence-corrected chi connectivity index (χ3v) is 4.11. The van der Waals surface area contributed by atoms with Crippen LogP contribution >= 0.6 is 11.6 Å². The monoisotopic (exact) mass is 347 g/mol. The average Bonchev–Trinajstić information content (AvgIpc) is 2.98. The van der Waals surface area contributed by atoms with Crippen LogP contribution in [0.3, 0.4) is 0 Å². The van der Waals surface area contributed by atoms with Crippen molar-refractivity contribution in [2.75, 3.05) is 31.5 Å². The van der Waals surface area contributed by atoms with Gasteiger partial charge >= 0.3 is 6.03 Å². The molecule has 2 N–H and O–H groups in total. The predicted molar refractivity (Wildman–Crippen MR) is 91.2 cm³/mol. The minimum absolute atomic E-state index is 0.0930. The summed E-state index contributed by atoms with van der Waals surface area (Å²) in [7, 11) is 0. The second kappa shape index (κ2) is 7.35. The summed E-state index contributed by atoms with van der Waals surface area (Å²) in [5, 5.41) is 9.88. The summed E-state index contributed by atoms with van der Waals surface area (Å²) < 4.78 is 0. The number of hydrogen-bond acceptors (Lipinski definition) is 3. The molecule has 2 heterocycles. The molecule has 126 valence electrons. The van der Waals surface area contributed by atoms with Crippen molar-refractivity contribution in [1.82, 2.24) is 20.0 Å². The molecule has 3 rings (SSSR count). The minimum atomic E-state index is -0.187. The molecule has 1 aliphatic rings. The lowest BCUT2D eigenvalue weighted by Gasteiger charge is -2.22. The van der Waals surface area contributed by atoms with Gasteiger partial charge in [-0.1, -0.05) is 17.7 Å². The normalized spacial score (nSPS) is 15.0. The number of nitrogens with zero attached hydrogens (tertiary/aromatic N) is 3. The lowest BCUT2D eigenvalue weighted by molar-refractivity contribution is 0.0757. The van der Waals surface area contributed by atoms with Crippen molar-refractivity contribution in [3.63, 3.8) is 0 Å². The zero-order valence-electron chi connectivity index (χ0n) is 13.0. The van der Waals surface area contributed by atoms with Crippen molar-refractivity contribution in [1.29, 1.82) is 0 Å². The van der Waals surface area contributed by atoms with E-state index in [0.717, 1.165) is 6.42 Å². The van der Waals surface area contributed by atoms with E-state index in [1.54, 1.807) is 46.3 Å². The van der Waals surface area contributed by atoms with Gasteiger partial charge in [-0.05, 0) is 30.7 Å². The van der Waals surface area contributed by atoms with Crippen LogP contribution in [0, 0.1) is 0 Å². The standard InChI is InChI=1S/C16H18ClN5O2/c17-12-3-1-4-13(11-12)19-16(24)22-8-2-7-21(9-10-22)15(23)14-5-6-18-20-14/h1,3-6,11H,2,7-10H2,(H,18,20)(H,19,24). The van der Waals surface area contributed by atoms with Crippen molar-refractivity contribution < 1.29 is 9.59 Å². The summed E-state index contributed by atoms with van der Waals surface area (Å²) in [6, 6.07) is 8.48. The van der Waals surface area contributed by atoms with Crippen LogP contribution in [0.1, 0.15) is 16.9 Å². The van der Waals surface area contributed by atoms with E-state index >= 15 is 0 Å². The van der Waals surface area contributed by atoms with Gasteiger partial charge in [-0.25, -0.2) is 4.79 Å². The van der Waals surface area contributed by atoms with Gasteiger partial charge in [0.05, 0.1) is 0 Å². The van der Waals surface area contributed by atoms with Gasteiger partial charge in [0.15, 0.2) is 0 Å². The third-order valence-electron chi connectivity index (χ3n) is 3.88. The number of amides is 3. The Morgan fingerprint density at radius 3 is 2.67 bits per heavy atom. The summed E-state index contributed by atoms with van der Waals surface area (Å²) in [4.78, 5) is 28.2. The molecule has 0 radical (unpaired) electrons. The molecule has 1 fully saturated rings. The first-order valence-corrected chi connectivity index (χ1v) is 8.11. The Morgan fingerprint density at radius 2 is 1.92 bits per heavy atom. The Balaban J connectivity index is 1.59. The van der Waals surface area contributed by atoms with E-state index < -0.39 is 0 Å². The van der Waals surface area contributed by atoms with Crippen LogP contribution < -0.4 is 5.32 Å². The second-order valence-corrected chi connectivity index (χ2v) is 5.98. The number of urea groups is 1. The number of carbonyl (C=O) groups is 2. The molecule has 3 amide bonds. The first kappa shape index (κ1) is 16.3. The van der Waals surface area contributed by atoms with Gasteiger partial charge in [0.1, 0.15) is 5.69 Å². The molecular weight excluding hydrogens is 330 g/mol. The van der Waals surface area contributed by atoms with Gasteiger partial charge in [-0.15, -0.1) is 0 Å². The Bertz CT molecular complexity index is 719. The lowest BCUT2D eigenvalue weighted by atomic mass is 10.3. The average molecular weight is 348 g/mol. The maximum atomic E-state index is 12.4. The van der Waals surface area contributed by atoms with Gasteiger partial charge in [-0.3, -0.25) is 9.89 Å². The fourth-order valence-corrected chi connectivity index (χ4v) is 2.83. The first-order valence-electron chi connectivity index (χ1n) is 7.73. The molecule has 0 saturated carbocycles. The van der Waals surface area contributed by atoms with Gasteiger partial charge in [0.25, 0.3) is 5.91 Å². The maximum absolute atomic E-state index is 12.4. The fourth-order valence-electron chi connectivity index (χ4n) is 2.64. The molecule has 7 nitrogen and oxygen atoms in total. The Hall–Kier alpha value is -2.54. The third kappa shape index (κ3) is 3.86. The van der Waals surface area contributed by atoms with E-state index in [-0.39, 0.29) is 11.9 Å². The Labute approximate surface area is 144 Å². The first-order chi connectivity index (χ1) is 11.6. The van der Waals surface area contributed by atoms with Crippen LogP contribution in [0.2, 0.25) is 5.02 Å². The van der Waals surface area contributed by atoms with Gasteiger partial charge < -0.3 is 15.1 Å². The van der Waals surface area contributed by atoms with Crippen molar-refractivity contribution in [2.45, 2.75) is 6.42 Å². The number of halogens is 1. The summed E-state index contributed by atoms with van der Waals surface area (Å²) in [6.45, 7) is 2.17. The molecule has 1 aromatic carbocycles. The molecule has 0 atom stereocenters. The highest BCUT2D eigenvalue weighted by Gasteiger charge is 2.23. The Morgan fingerprint density at radius 1 is 1.12 bits per heavy atom. The number of anilines is 1. The molecule has 0 aliphatic carbocycles. The van der Waals surface area contributed by atoms with Crippen LogP contribution in [-0.4, -0.2) is 58.1 Å². The number of nitrogens with one attached hydrogen (secondary N) is 2. The van der Waals surface area contributed by atoms with Gasteiger partial charge in [0.2, 0.25) is 0 Å². The van der Waals surface area contributed by atoms with Crippen molar-refractivity contribution in [2.24, 2.45) is 0 Å². The summed E-state index contributed by atoms with van der Waals surface area (Å²) in [6.07, 6.45) is 2.28. The summed E-state index contributed by atoms with van der Waals surface area (Å²) >= 11 is 5.93.